The predicted octanol–water partition coefficient (Wildman–Crippen LogP) is 0.740. The van der Waals surface area contributed by atoms with Gasteiger partial charge in [-0.1, -0.05) is 0 Å². The number of hydrogen-bond donors (Lipinski definition) is 2. The second-order valence-electron chi connectivity index (χ2n) is 4.36. The molecule has 2 amide bonds. The van der Waals surface area contributed by atoms with Gasteiger partial charge in [0.15, 0.2) is 0 Å². The highest BCUT2D eigenvalue weighted by molar-refractivity contribution is 6.00. The number of rotatable bonds is 1. The summed E-state index contributed by atoms with van der Waals surface area (Å²) >= 11 is 0. The van der Waals surface area contributed by atoms with Crippen LogP contribution >= 0.6 is 0 Å². The Hall–Kier alpha value is -2.30. The third-order valence-electron chi connectivity index (χ3n) is 3.13. The van der Waals surface area contributed by atoms with Crippen molar-refractivity contribution in [3.8, 4) is 0 Å². The molecule has 0 radical (unpaired) electrons. The van der Waals surface area contributed by atoms with Gasteiger partial charge in [0.05, 0.1) is 6.54 Å². The first kappa shape index (κ1) is 10.8. The van der Waals surface area contributed by atoms with Gasteiger partial charge in [-0.15, -0.1) is 0 Å². The molecule has 92 valence electrons. The summed E-state index contributed by atoms with van der Waals surface area (Å²) in [6, 6.07) is 7.44. The average Bonchev–Trinajstić information content (AvgIpc) is 2.85. The molecule has 2 heterocycles. The van der Waals surface area contributed by atoms with Crippen LogP contribution < -0.4 is 5.32 Å². The van der Waals surface area contributed by atoms with E-state index in [1.54, 1.807) is 11.0 Å². The highest BCUT2D eigenvalue weighted by atomic mass is 16.2. The van der Waals surface area contributed by atoms with E-state index in [0.717, 1.165) is 10.9 Å². The Bertz CT molecular complexity index is 617. The summed E-state index contributed by atoms with van der Waals surface area (Å²) in [6.45, 7) is 1.23. The van der Waals surface area contributed by atoms with Crippen LogP contribution in [0.2, 0.25) is 0 Å². The first-order valence-electron chi connectivity index (χ1n) is 5.87. The molecule has 1 aliphatic rings. The summed E-state index contributed by atoms with van der Waals surface area (Å²) in [7, 11) is 0. The number of carbonyl (C=O) groups is 2. The van der Waals surface area contributed by atoms with Crippen LogP contribution in [0.4, 0.5) is 0 Å². The van der Waals surface area contributed by atoms with Crippen LogP contribution in [0.1, 0.15) is 10.4 Å². The molecule has 0 atom stereocenters. The topological polar surface area (TPSA) is 65.2 Å². The van der Waals surface area contributed by atoms with Crippen molar-refractivity contribution in [3.63, 3.8) is 0 Å². The maximum Gasteiger partial charge on any atom is 0.254 e. The molecule has 5 nitrogen and oxygen atoms in total. The molecule has 0 saturated carbocycles. The van der Waals surface area contributed by atoms with E-state index in [-0.39, 0.29) is 18.4 Å². The number of amides is 2. The maximum atomic E-state index is 12.2. The number of fused-ring (bicyclic) bond motifs is 1. The first-order chi connectivity index (χ1) is 8.74. The smallest absolute Gasteiger partial charge is 0.254 e. The van der Waals surface area contributed by atoms with Crippen LogP contribution in [-0.2, 0) is 4.79 Å². The summed E-state index contributed by atoms with van der Waals surface area (Å²) in [5.41, 5.74) is 1.62. The molecule has 1 aromatic carbocycles. The summed E-state index contributed by atoms with van der Waals surface area (Å²) in [6.07, 6.45) is 1.84. The van der Waals surface area contributed by atoms with Gasteiger partial charge in [-0.2, -0.15) is 0 Å². The Balaban J connectivity index is 1.88. The lowest BCUT2D eigenvalue weighted by Gasteiger charge is -2.26. The monoisotopic (exact) mass is 243 g/mol. The SMILES string of the molecule is O=C1CN(C(=O)c2ccc3[nH]ccc3c2)CCN1. The lowest BCUT2D eigenvalue weighted by Crippen LogP contribution is -2.49. The molecule has 3 rings (SSSR count). The van der Waals surface area contributed by atoms with Crippen LogP contribution in [0.5, 0.6) is 0 Å². The van der Waals surface area contributed by atoms with Gasteiger partial charge >= 0.3 is 0 Å². The number of piperazine rings is 1. The molecule has 2 aromatic rings. The number of benzene rings is 1. The maximum absolute atomic E-state index is 12.2. The van der Waals surface area contributed by atoms with Gasteiger partial charge in [-0.25, -0.2) is 0 Å². The zero-order valence-corrected chi connectivity index (χ0v) is 9.77. The number of aromatic amines is 1. The van der Waals surface area contributed by atoms with Gasteiger partial charge in [0.1, 0.15) is 0 Å². The fourth-order valence-corrected chi connectivity index (χ4v) is 2.18. The van der Waals surface area contributed by atoms with Crippen LogP contribution in [-0.4, -0.2) is 41.3 Å². The number of nitrogens with one attached hydrogen (secondary N) is 2. The minimum atomic E-state index is -0.0997. The molecule has 2 N–H and O–H groups in total. The third kappa shape index (κ3) is 1.84. The molecule has 0 unspecified atom stereocenters. The molecular formula is C13H13N3O2. The number of carbonyl (C=O) groups excluding carboxylic acids is 2. The van der Waals surface area contributed by atoms with Crippen molar-refractivity contribution in [2.75, 3.05) is 19.6 Å². The standard InChI is InChI=1S/C13H13N3O2/c17-12-8-16(6-5-15-12)13(18)10-1-2-11-9(7-10)3-4-14-11/h1-4,7,14H,5-6,8H2,(H,15,17). The van der Waals surface area contributed by atoms with Crippen molar-refractivity contribution >= 4 is 22.7 Å². The Morgan fingerprint density at radius 1 is 1.28 bits per heavy atom. The predicted molar refractivity (Wildman–Crippen MR) is 67.2 cm³/mol. The van der Waals surface area contributed by atoms with E-state index in [1.807, 2.05) is 24.4 Å². The average molecular weight is 243 g/mol. The van der Waals surface area contributed by atoms with E-state index in [1.165, 1.54) is 0 Å². The molecule has 1 aliphatic heterocycles. The van der Waals surface area contributed by atoms with Crippen LogP contribution in [0, 0.1) is 0 Å². The second-order valence-corrected chi connectivity index (χ2v) is 4.36. The van der Waals surface area contributed by atoms with Gasteiger partial charge < -0.3 is 15.2 Å². The van der Waals surface area contributed by atoms with E-state index >= 15 is 0 Å². The lowest BCUT2D eigenvalue weighted by atomic mass is 10.1. The van der Waals surface area contributed by atoms with Crippen LogP contribution in [0.25, 0.3) is 10.9 Å². The summed E-state index contributed by atoms with van der Waals surface area (Å²) in [5.74, 6) is -0.190. The molecule has 0 bridgehead atoms. The van der Waals surface area contributed by atoms with Crippen molar-refractivity contribution in [3.05, 3.63) is 36.0 Å². The molecule has 0 aliphatic carbocycles. The summed E-state index contributed by atoms with van der Waals surface area (Å²) in [5, 5.41) is 3.71. The zero-order chi connectivity index (χ0) is 12.5. The zero-order valence-electron chi connectivity index (χ0n) is 9.77. The molecule has 5 heteroatoms. The first-order valence-corrected chi connectivity index (χ1v) is 5.87. The highest BCUT2D eigenvalue weighted by Gasteiger charge is 2.22. The van der Waals surface area contributed by atoms with Crippen molar-refractivity contribution < 1.29 is 9.59 Å². The second kappa shape index (κ2) is 4.18. The van der Waals surface area contributed by atoms with Crippen molar-refractivity contribution in [2.24, 2.45) is 0 Å². The molecular weight excluding hydrogens is 230 g/mol. The van der Waals surface area contributed by atoms with Gasteiger partial charge in [0.25, 0.3) is 5.91 Å². The molecule has 1 saturated heterocycles. The van der Waals surface area contributed by atoms with Gasteiger partial charge in [0, 0.05) is 35.8 Å². The molecule has 1 aromatic heterocycles. The van der Waals surface area contributed by atoms with E-state index in [9.17, 15) is 9.59 Å². The fraction of sp³-hybridized carbons (Fsp3) is 0.231. The third-order valence-corrected chi connectivity index (χ3v) is 3.13. The highest BCUT2D eigenvalue weighted by Crippen LogP contribution is 2.16. The summed E-state index contributed by atoms with van der Waals surface area (Å²) in [4.78, 5) is 28.2. The lowest BCUT2D eigenvalue weighted by molar-refractivity contribution is -0.123. The van der Waals surface area contributed by atoms with Gasteiger partial charge in [0.2, 0.25) is 5.91 Å². The number of H-pyrrole nitrogens is 1. The largest absolute Gasteiger partial charge is 0.361 e. The number of hydrogen-bond acceptors (Lipinski definition) is 2. The molecule has 0 spiro atoms. The fourth-order valence-electron chi connectivity index (χ4n) is 2.18. The van der Waals surface area contributed by atoms with E-state index in [2.05, 4.69) is 10.3 Å². The van der Waals surface area contributed by atoms with Crippen molar-refractivity contribution in [2.45, 2.75) is 0 Å². The van der Waals surface area contributed by atoms with E-state index in [4.69, 9.17) is 0 Å². The summed E-state index contributed by atoms with van der Waals surface area (Å²) < 4.78 is 0. The number of aromatic nitrogens is 1. The minimum absolute atomic E-state index is 0.0899. The number of nitrogens with zero attached hydrogens (tertiary/aromatic N) is 1. The van der Waals surface area contributed by atoms with Crippen LogP contribution in [0.15, 0.2) is 30.5 Å². The Labute approximate surface area is 104 Å². The van der Waals surface area contributed by atoms with Gasteiger partial charge in [-0.05, 0) is 24.3 Å². The normalized spacial score (nSPS) is 15.8. The quantitative estimate of drug-likeness (QED) is 0.776. The van der Waals surface area contributed by atoms with Crippen molar-refractivity contribution in [1.82, 2.24) is 15.2 Å². The Morgan fingerprint density at radius 2 is 2.17 bits per heavy atom. The minimum Gasteiger partial charge on any atom is -0.361 e. The Morgan fingerprint density at radius 3 is 3.00 bits per heavy atom. The van der Waals surface area contributed by atoms with E-state index < -0.39 is 0 Å². The van der Waals surface area contributed by atoms with E-state index in [0.29, 0.717) is 18.7 Å². The van der Waals surface area contributed by atoms with Gasteiger partial charge in [-0.3, -0.25) is 9.59 Å². The molecule has 1 fully saturated rings. The van der Waals surface area contributed by atoms with Crippen LogP contribution in [0.3, 0.4) is 0 Å². The Kier molecular flexibility index (Phi) is 2.51. The van der Waals surface area contributed by atoms with Crippen molar-refractivity contribution in [1.29, 1.82) is 0 Å². The molecule has 18 heavy (non-hydrogen) atoms.